The molecule has 0 aliphatic rings. The van der Waals surface area contributed by atoms with Crippen LogP contribution in [0.4, 0.5) is 5.69 Å². The zero-order valence-electron chi connectivity index (χ0n) is 12.7. The molecule has 0 bridgehead atoms. The Morgan fingerprint density at radius 3 is 2.42 bits per heavy atom. The number of phenols is 1. The monoisotopic (exact) mass is 403 g/mol. The average Bonchev–Trinajstić information content (AvgIpc) is 3.02. The normalized spacial score (nSPS) is 12.0. The number of aromatic hydroxyl groups is 1. The molecule has 0 spiro atoms. The molecule has 2 rings (SSSR count). The van der Waals surface area contributed by atoms with Crippen molar-refractivity contribution < 1.29 is 36.5 Å². The van der Waals surface area contributed by atoms with Gasteiger partial charge in [-0.1, -0.05) is 0 Å². The number of amides is 1. The topological polar surface area (TPSA) is 160 Å². The third kappa shape index (κ3) is 5.88. The van der Waals surface area contributed by atoms with Gasteiger partial charge in [-0.05, 0) is 12.1 Å². The van der Waals surface area contributed by atoms with Crippen molar-refractivity contribution in [2.45, 2.75) is 13.0 Å². The summed E-state index contributed by atoms with van der Waals surface area (Å²) < 4.78 is 33.2. The maximum atomic E-state index is 11.0. The van der Waals surface area contributed by atoms with Crippen molar-refractivity contribution in [2.75, 3.05) is 11.9 Å². The molecule has 2 aromatic rings. The van der Waals surface area contributed by atoms with Crippen molar-refractivity contribution in [3.8, 4) is 5.75 Å². The maximum Gasteiger partial charge on any atom is 0.135 e. The predicted molar refractivity (Wildman–Crippen MR) is 83.7 cm³/mol. The fourth-order valence-electron chi connectivity index (χ4n) is 1.63. The molecule has 1 amide bonds. The Kier molecular flexibility index (Phi) is 7.27. The molecule has 24 heavy (non-hydrogen) atoms. The fraction of sp³-hybridized carbons (Fsp3) is 0.214. The van der Waals surface area contributed by atoms with Crippen molar-refractivity contribution >= 4 is 30.1 Å². The molecule has 1 atom stereocenters. The minimum atomic E-state index is -5.15. The number of hydrogen-bond donors (Lipinski definition) is 6. The van der Waals surface area contributed by atoms with Gasteiger partial charge in [-0.15, -0.1) is 0 Å². The van der Waals surface area contributed by atoms with E-state index in [1.54, 1.807) is 12.1 Å². The van der Waals surface area contributed by atoms with Crippen LogP contribution in [-0.2, 0) is 8.53 Å². The minimum absolute atomic E-state index is 0.00951. The summed E-state index contributed by atoms with van der Waals surface area (Å²) >= 11 is -5.15. The molecule has 132 valence electrons. The summed E-state index contributed by atoms with van der Waals surface area (Å²) in [6.07, 6.45) is 0.578. The Balaban J connectivity index is 0.000000272. The third-order valence-corrected chi connectivity index (χ3v) is 4.76. The summed E-state index contributed by atoms with van der Waals surface area (Å²) in [5.41, 5.74) is -0.00951. The summed E-state index contributed by atoms with van der Waals surface area (Å²) in [6, 6.07) is 7.10. The molecule has 1 heterocycles. The second kappa shape index (κ2) is 8.72. The van der Waals surface area contributed by atoms with Crippen molar-refractivity contribution in [1.29, 1.82) is 0 Å². The number of carbonyl (C=O) groups is 1. The molecule has 9 nitrogen and oxygen atoms in total. The Morgan fingerprint density at radius 1 is 1.29 bits per heavy atom. The van der Waals surface area contributed by atoms with E-state index >= 15 is 0 Å². The van der Waals surface area contributed by atoms with E-state index in [4.69, 9.17) is 22.8 Å². The molecule has 0 saturated carbocycles. The summed E-state index contributed by atoms with van der Waals surface area (Å²) in [5, 5.41) is 29.0. The largest absolute Gasteiger partial charge is 0.467 e. The van der Waals surface area contributed by atoms with Gasteiger partial charge in [0.25, 0.3) is 0 Å². The van der Waals surface area contributed by atoms with Crippen LogP contribution in [0.15, 0.2) is 41.0 Å². The van der Waals surface area contributed by atoms with Crippen LogP contribution in [0.3, 0.4) is 0 Å². The van der Waals surface area contributed by atoms with Crippen LogP contribution in [-0.4, -0.2) is 50.2 Å². The molecule has 1 unspecified atom stereocenters. The standard InChI is InChI=1S/C8H10AsNO5.C6H8O3/c1-5(11)10-7-4-2-3-6(8(7)12)9(13,14)15;7-4-5(8)6-2-1-3-9-6/h2-4,12H,1H3,(H,10,11)(H2,13,14,15);1-3,5,7-8H,4H2. The van der Waals surface area contributed by atoms with Gasteiger partial charge in [0, 0.05) is 0 Å². The number of nitrogens with one attached hydrogen (secondary N) is 1. The van der Waals surface area contributed by atoms with Gasteiger partial charge >= 0.3 is 88.1 Å². The summed E-state index contributed by atoms with van der Waals surface area (Å²) in [4.78, 5) is 10.7. The molecule has 1 aromatic heterocycles. The second-order valence-corrected chi connectivity index (χ2v) is 7.91. The van der Waals surface area contributed by atoms with Gasteiger partial charge in [-0.3, -0.25) is 0 Å². The number of aliphatic hydroxyl groups is 2. The van der Waals surface area contributed by atoms with Gasteiger partial charge in [0.15, 0.2) is 0 Å². The molecule has 0 aliphatic heterocycles. The Hall–Kier alpha value is -2.03. The fourth-order valence-corrected chi connectivity index (χ4v) is 3.05. The van der Waals surface area contributed by atoms with Crippen molar-refractivity contribution in [3.63, 3.8) is 0 Å². The van der Waals surface area contributed by atoms with Crippen LogP contribution >= 0.6 is 0 Å². The van der Waals surface area contributed by atoms with E-state index < -0.39 is 36.3 Å². The zero-order chi connectivity index (χ0) is 18.3. The molecule has 0 fully saturated rings. The number of carbonyl (C=O) groups excluding carboxylic acids is 1. The minimum Gasteiger partial charge on any atom is -0.467 e. The van der Waals surface area contributed by atoms with E-state index in [9.17, 15) is 13.6 Å². The summed E-state index contributed by atoms with van der Waals surface area (Å²) in [5.74, 6) is -0.613. The molecule has 6 N–H and O–H groups in total. The Bertz CT molecular complexity index is 710. The third-order valence-electron chi connectivity index (χ3n) is 2.68. The molecule has 0 aliphatic carbocycles. The number of anilines is 1. The van der Waals surface area contributed by atoms with Crippen LogP contribution in [0.1, 0.15) is 18.8 Å². The van der Waals surface area contributed by atoms with Gasteiger partial charge in [0.1, 0.15) is 11.9 Å². The average molecular weight is 403 g/mol. The number of phenolic OH excluding ortho intramolecular Hbond substituents is 1. The van der Waals surface area contributed by atoms with Gasteiger partial charge in [0.05, 0.1) is 12.9 Å². The number of hydrogen-bond acceptors (Lipinski definition) is 6. The van der Waals surface area contributed by atoms with Crippen molar-refractivity contribution in [3.05, 3.63) is 42.4 Å². The summed E-state index contributed by atoms with van der Waals surface area (Å²) in [6.45, 7) is 0.933. The van der Waals surface area contributed by atoms with Gasteiger partial charge in [-0.25, -0.2) is 0 Å². The quantitative estimate of drug-likeness (QED) is 0.286. The number of furan rings is 1. The van der Waals surface area contributed by atoms with E-state index in [-0.39, 0.29) is 12.3 Å². The number of rotatable bonds is 4. The number of para-hydroxylation sites is 1. The van der Waals surface area contributed by atoms with Crippen molar-refractivity contribution in [2.24, 2.45) is 0 Å². The first-order valence-corrected chi connectivity index (χ1v) is 10.0. The van der Waals surface area contributed by atoms with E-state index in [2.05, 4.69) is 5.32 Å². The van der Waals surface area contributed by atoms with Crippen LogP contribution in [0.25, 0.3) is 0 Å². The van der Waals surface area contributed by atoms with Crippen molar-refractivity contribution in [1.82, 2.24) is 0 Å². The molecule has 1 aromatic carbocycles. The first kappa shape index (κ1) is 20.0. The first-order chi connectivity index (χ1) is 11.2. The summed E-state index contributed by atoms with van der Waals surface area (Å²) in [7, 11) is 0. The molecule has 10 heteroatoms. The van der Waals surface area contributed by atoms with E-state index in [1.807, 2.05) is 0 Å². The molecule has 0 radical (unpaired) electrons. The molecular formula is C14H18AsNO8. The van der Waals surface area contributed by atoms with E-state index in [1.165, 1.54) is 25.3 Å². The smallest absolute Gasteiger partial charge is 0.135 e. The van der Waals surface area contributed by atoms with E-state index in [0.29, 0.717) is 5.76 Å². The second-order valence-electron chi connectivity index (χ2n) is 4.61. The Labute approximate surface area is 140 Å². The van der Waals surface area contributed by atoms with E-state index in [0.717, 1.165) is 6.07 Å². The SMILES string of the molecule is CC(=O)Nc1cccc([As](=O)(O)O)c1O.OCC(O)c1ccco1. The van der Waals surface area contributed by atoms with Gasteiger partial charge in [-0.2, -0.15) is 0 Å². The Morgan fingerprint density at radius 2 is 1.96 bits per heavy atom. The zero-order valence-corrected chi connectivity index (χ0v) is 14.5. The predicted octanol–water partition coefficient (Wildman–Crippen LogP) is -0.783. The van der Waals surface area contributed by atoms with Crippen LogP contribution in [0.5, 0.6) is 5.75 Å². The first-order valence-electron chi connectivity index (χ1n) is 6.64. The maximum absolute atomic E-state index is 11.0. The number of aliphatic hydroxyl groups excluding tert-OH is 2. The molecular weight excluding hydrogens is 385 g/mol. The molecule has 0 saturated heterocycles. The van der Waals surface area contributed by atoms with Gasteiger partial charge < -0.3 is 14.6 Å². The van der Waals surface area contributed by atoms with Crippen LogP contribution < -0.4 is 9.67 Å². The van der Waals surface area contributed by atoms with Crippen LogP contribution in [0, 0.1) is 0 Å². The van der Waals surface area contributed by atoms with Crippen LogP contribution in [0.2, 0.25) is 0 Å². The number of benzene rings is 1. The van der Waals surface area contributed by atoms with Gasteiger partial charge in [0.2, 0.25) is 0 Å².